The summed E-state index contributed by atoms with van der Waals surface area (Å²) in [6.45, 7) is 3.89. The number of amides is 1. The minimum atomic E-state index is -0.743. The summed E-state index contributed by atoms with van der Waals surface area (Å²) in [4.78, 5) is 25.1. The van der Waals surface area contributed by atoms with E-state index in [0.717, 1.165) is 25.9 Å². The molecule has 2 rings (SSSR count). The van der Waals surface area contributed by atoms with Gasteiger partial charge in [0, 0.05) is 19.0 Å². The minimum absolute atomic E-state index is 0.0404. The Hall–Kier alpha value is -1.06. The van der Waals surface area contributed by atoms with Gasteiger partial charge in [-0.05, 0) is 38.0 Å². The molecule has 3 unspecified atom stereocenters. The van der Waals surface area contributed by atoms with Gasteiger partial charge in [0.1, 0.15) is 0 Å². The molecule has 0 radical (unpaired) electrons. The van der Waals surface area contributed by atoms with Crippen LogP contribution in [0.5, 0.6) is 0 Å². The number of rotatable bonds is 2. The van der Waals surface area contributed by atoms with Crippen molar-refractivity contribution in [2.75, 3.05) is 13.1 Å². The molecule has 4 nitrogen and oxygen atoms in total. The lowest BCUT2D eigenvalue weighted by Crippen LogP contribution is -2.42. The van der Waals surface area contributed by atoms with Gasteiger partial charge in [-0.2, -0.15) is 0 Å². The van der Waals surface area contributed by atoms with Crippen molar-refractivity contribution in [3.63, 3.8) is 0 Å². The number of carbonyl (C=O) groups excluding carboxylic acids is 1. The summed E-state index contributed by atoms with van der Waals surface area (Å²) >= 11 is 0. The molecule has 2 aliphatic rings. The van der Waals surface area contributed by atoms with Crippen LogP contribution in [0.2, 0.25) is 0 Å². The van der Waals surface area contributed by atoms with Crippen molar-refractivity contribution in [2.45, 2.75) is 39.0 Å². The molecule has 17 heavy (non-hydrogen) atoms. The predicted octanol–water partition coefficient (Wildman–Crippen LogP) is 1.75. The van der Waals surface area contributed by atoms with E-state index in [4.69, 9.17) is 5.11 Å². The smallest absolute Gasteiger partial charge is 0.306 e. The highest BCUT2D eigenvalue weighted by Gasteiger charge is 2.36. The van der Waals surface area contributed by atoms with Crippen LogP contribution in [0.15, 0.2) is 0 Å². The number of aliphatic carboxylic acids is 1. The van der Waals surface area contributed by atoms with Gasteiger partial charge in [-0.25, -0.2) is 0 Å². The van der Waals surface area contributed by atoms with Gasteiger partial charge in [0.15, 0.2) is 0 Å². The Morgan fingerprint density at radius 1 is 1.18 bits per heavy atom. The number of carboxylic acid groups (broad SMARTS) is 1. The molecule has 1 aliphatic carbocycles. The Labute approximate surface area is 102 Å². The summed E-state index contributed by atoms with van der Waals surface area (Å²) in [5.74, 6) is -0.301. The highest BCUT2D eigenvalue weighted by Crippen LogP contribution is 2.33. The molecule has 1 saturated carbocycles. The van der Waals surface area contributed by atoms with Crippen molar-refractivity contribution >= 4 is 11.9 Å². The monoisotopic (exact) mass is 239 g/mol. The zero-order valence-corrected chi connectivity index (χ0v) is 10.4. The minimum Gasteiger partial charge on any atom is -0.481 e. The first-order valence-electron chi connectivity index (χ1n) is 6.59. The maximum Gasteiger partial charge on any atom is 0.306 e. The molecular formula is C13H21NO3. The van der Waals surface area contributed by atoms with E-state index in [1.165, 1.54) is 6.42 Å². The third kappa shape index (κ3) is 2.79. The van der Waals surface area contributed by atoms with Crippen LogP contribution in [0, 0.1) is 17.8 Å². The summed E-state index contributed by atoms with van der Waals surface area (Å²) in [5, 5.41) is 8.94. The molecule has 0 aromatic rings. The van der Waals surface area contributed by atoms with Gasteiger partial charge in [0.05, 0.1) is 5.92 Å². The van der Waals surface area contributed by atoms with Crippen molar-refractivity contribution in [2.24, 2.45) is 17.8 Å². The first-order valence-corrected chi connectivity index (χ1v) is 6.59. The van der Waals surface area contributed by atoms with Gasteiger partial charge < -0.3 is 10.0 Å². The Morgan fingerprint density at radius 3 is 2.47 bits per heavy atom. The van der Waals surface area contributed by atoms with E-state index in [2.05, 4.69) is 6.92 Å². The van der Waals surface area contributed by atoms with E-state index < -0.39 is 5.97 Å². The van der Waals surface area contributed by atoms with Crippen molar-refractivity contribution in [3.05, 3.63) is 0 Å². The van der Waals surface area contributed by atoms with Crippen molar-refractivity contribution in [1.29, 1.82) is 0 Å². The van der Waals surface area contributed by atoms with Crippen LogP contribution in [-0.2, 0) is 9.59 Å². The molecular weight excluding hydrogens is 218 g/mol. The molecule has 0 aromatic heterocycles. The average Bonchev–Trinajstić information content (AvgIpc) is 2.77. The quantitative estimate of drug-likeness (QED) is 0.798. The second kappa shape index (κ2) is 5.07. The fourth-order valence-electron chi connectivity index (χ4n) is 3.08. The molecule has 1 aliphatic heterocycles. The number of piperidine rings is 1. The van der Waals surface area contributed by atoms with Crippen molar-refractivity contribution in [1.82, 2.24) is 4.90 Å². The van der Waals surface area contributed by atoms with Crippen molar-refractivity contribution in [3.8, 4) is 0 Å². The second-order valence-electron chi connectivity index (χ2n) is 5.58. The highest BCUT2D eigenvalue weighted by molar-refractivity contribution is 5.81. The standard InChI is InChI=1S/C13H21NO3/c1-9-3-2-6-14(8-9)12(15)10-4-5-11(7-10)13(16)17/h9-11H,2-8H2,1H3,(H,16,17). The SMILES string of the molecule is CC1CCCN(C(=O)C2CCC(C(=O)O)C2)C1. The van der Waals surface area contributed by atoms with E-state index in [1.807, 2.05) is 4.90 Å². The molecule has 4 heteroatoms. The predicted molar refractivity (Wildman–Crippen MR) is 63.4 cm³/mol. The summed E-state index contributed by atoms with van der Waals surface area (Å²) in [5.41, 5.74) is 0. The molecule has 2 fully saturated rings. The van der Waals surface area contributed by atoms with Gasteiger partial charge in [0.2, 0.25) is 5.91 Å². The van der Waals surface area contributed by atoms with Gasteiger partial charge in [0.25, 0.3) is 0 Å². The number of carboxylic acids is 1. The molecule has 1 amide bonds. The summed E-state index contributed by atoms with van der Waals surface area (Å²) < 4.78 is 0. The van der Waals surface area contributed by atoms with Gasteiger partial charge in [-0.1, -0.05) is 6.92 Å². The molecule has 96 valence electrons. The summed E-state index contributed by atoms with van der Waals surface area (Å²) in [6.07, 6.45) is 4.24. The van der Waals surface area contributed by atoms with Crippen LogP contribution >= 0.6 is 0 Å². The Bertz CT molecular complexity index is 316. The normalized spacial score (nSPS) is 33.7. The zero-order valence-electron chi connectivity index (χ0n) is 10.4. The van der Waals surface area contributed by atoms with E-state index in [1.54, 1.807) is 0 Å². The molecule has 3 atom stereocenters. The average molecular weight is 239 g/mol. The Morgan fingerprint density at radius 2 is 1.88 bits per heavy atom. The number of hydrogen-bond donors (Lipinski definition) is 1. The first-order chi connectivity index (χ1) is 8.08. The highest BCUT2D eigenvalue weighted by atomic mass is 16.4. The van der Waals surface area contributed by atoms with Gasteiger partial charge >= 0.3 is 5.97 Å². The van der Waals surface area contributed by atoms with E-state index in [9.17, 15) is 9.59 Å². The van der Waals surface area contributed by atoms with E-state index >= 15 is 0 Å². The zero-order chi connectivity index (χ0) is 12.4. The van der Waals surface area contributed by atoms with Crippen LogP contribution in [0.3, 0.4) is 0 Å². The topological polar surface area (TPSA) is 57.6 Å². The molecule has 1 heterocycles. The third-order valence-corrected chi connectivity index (χ3v) is 4.10. The van der Waals surface area contributed by atoms with Gasteiger partial charge in [-0.3, -0.25) is 9.59 Å². The molecule has 1 N–H and O–H groups in total. The van der Waals surface area contributed by atoms with Crippen LogP contribution < -0.4 is 0 Å². The van der Waals surface area contributed by atoms with E-state index in [0.29, 0.717) is 18.8 Å². The number of nitrogens with zero attached hydrogens (tertiary/aromatic N) is 1. The second-order valence-corrected chi connectivity index (χ2v) is 5.58. The largest absolute Gasteiger partial charge is 0.481 e. The lowest BCUT2D eigenvalue weighted by molar-refractivity contribution is -0.142. The van der Waals surface area contributed by atoms with Crippen LogP contribution in [0.4, 0.5) is 0 Å². The maximum absolute atomic E-state index is 12.2. The van der Waals surface area contributed by atoms with Crippen LogP contribution in [0.1, 0.15) is 39.0 Å². The molecule has 0 aromatic carbocycles. The first kappa shape index (κ1) is 12.4. The van der Waals surface area contributed by atoms with Crippen molar-refractivity contribution < 1.29 is 14.7 Å². The molecule has 0 spiro atoms. The Kier molecular flexibility index (Phi) is 3.69. The van der Waals surface area contributed by atoms with Gasteiger partial charge in [-0.15, -0.1) is 0 Å². The number of carbonyl (C=O) groups is 2. The lowest BCUT2D eigenvalue weighted by Gasteiger charge is -2.32. The molecule has 0 bridgehead atoms. The number of hydrogen-bond acceptors (Lipinski definition) is 2. The summed E-state index contributed by atoms with van der Waals surface area (Å²) in [7, 11) is 0. The summed E-state index contributed by atoms with van der Waals surface area (Å²) in [6, 6.07) is 0. The molecule has 1 saturated heterocycles. The van der Waals surface area contributed by atoms with E-state index in [-0.39, 0.29) is 17.7 Å². The number of likely N-dealkylation sites (tertiary alicyclic amines) is 1. The van der Waals surface area contributed by atoms with Crippen LogP contribution in [0.25, 0.3) is 0 Å². The Balaban J connectivity index is 1.90. The fraction of sp³-hybridized carbons (Fsp3) is 0.846. The fourth-order valence-corrected chi connectivity index (χ4v) is 3.08. The van der Waals surface area contributed by atoms with Crippen LogP contribution in [-0.4, -0.2) is 35.0 Å². The lowest BCUT2D eigenvalue weighted by atomic mass is 9.97. The maximum atomic E-state index is 12.2. The third-order valence-electron chi connectivity index (χ3n) is 4.10.